The Balaban J connectivity index is 1.78. The topological polar surface area (TPSA) is 61.4 Å². The summed E-state index contributed by atoms with van der Waals surface area (Å²) in [6, 6.07) is 1.42. The van der Waals surface area contributed by atoms with Crippen LogP contribution in [0.25, 0.3) is 0 Å². The SMILES string of the molecule is CN=C(NCC(C(C)C)N1CCOCC1)NCC(C)N1CCOCC1C. The van der Waals surface area contributed by atoms with Crippen LogP contribution in [0.1, 0.15) is 27.7 Å². The standard InChI is InChI=1S/C19H39N5O2/c1-15(2)18(23-6-9-25-10-7-23)13-22-19(20-5)21-12-16(3)24-8-11-26-14-17(24)4/h15-18H,6-14H2,1-5H3,(H2,20,21,22). The molecule has 152 valence electrons. The summed E-state index contributed by atoms with van der Waals surface area (Å²) in [6.45, 7) is 17.2. The van der Waals surface area contributed by atoms with Crippen LogP contribution in [0.3, 0.4) is 0 Å². The molecule has 2 aliphatic rings. The second kappa shape index (κ2) is 11.1. The zero-order chi connectivity index (χ0) is 18.9. The third-order valence-electron chi connectivity index (χ3n) is 5.54. The summed E-state index contributed by atoms with van der Waals surface area (Å²) < 4.78 is 11.0. The highest BCUT2D eigenvalue weighted by Gasteiger charge is 2.25. The van der Waals surface area contributed by atoms with Crippen molar-refractivity contribution in [3.63, 3.8) is 0 Å². The molecule has 7 heteroatoms. The average Bonchev–Trinajstić information content (AvgIpc) is 2.65. The lowest BCUT2D eigenvalue weighted by Crippen LogP contribution is -2.55. The van der Waals surface area contributed by atoms with Crippen molar-refractivity contribution in [3.05, 3.63) is 0 Å². The first-order valence-corrected chi connectivity index (χ1v) is 10.1. The summed E-state index contributed by atoms with van der Waals surface area (Å²) >= 11 is 0. The first-order chi connectivity index (χ1) is 12.5. The van der Waals surface area contributed by atoms with Gasteiger partial charge in [0, 0.05) is 57.9 Å². The van der Waals surface area contributed by atoms with E-state index in [9.17, 15) is 0 Å². The van der Waals surface area contributed by atoms with Crippen molar-refractivity contribution in [3.8, 4) is 0 Å². The van der Waals surface area contributed by atoms with Gasteiger partial charge in [-0.05, 0) is 19.8 Å². The van der Waals surface area contributed by atoms with Crippen molar-refractivity contribution in [2.75, 3.05) is 66.2 Å². The number of hydrogen-bond donors (Lipinski definition) is 2. The fourth-order valence-electron chi connectivity index (χ4n) is 3.87. The van der Waals surface area contributed by atoms with Gasteiger partial charge in [-0.1, -0.05) is 13.8 Å². The molecule has 2 rings (SSSR count). The Morgan fingerprint density at radius 2 is 1.69 bits per heavy atom. The zero-order valence-electron chi connectivity index (χ0n) is 17.3. The highest BCUT2D eigenvalue weighted by molar-refractivity contribution is 5.79. The molecule has 2 aliphatic heterocycles. The summed E-state index contributed by atoms with van der Waals surface area (Å²) in [7, 11) is 1.84. The van der Waals surface area contributed by atoms with Crippen LogP contribution in [0.15, 0.2) is 4.99 Å². The molecule has 0 radical (unpaired) electrons. The molecule has 3 atom stereocenters. The molecular formula is C19H39N5O2. The monoisotopic (exact) mass is 369 g/mol. The quantitative estimate of drug-likeness (QED) is 0.507. The predicted octanol–water partition coefficient (Wildman–Crippen LogP) is 0.617. The van der Waals surface area contributed by atoms with Crippen molar-refractivity contribution in [2.45, 2.75) is 45.8 Å². The normalized spacial score (nSPS) is 25.9. The van der Waals surface area contributed by atoms with Crippen LogP contribution in [-0.2, 0) is 9.47 Å². The molecule has 3 unspecified atom stereocenters. The molecule has 0 aromatic rings. The van der Waals surface area contributed by atoms with Crippen LogP contribution in [0.4, 0.5) is 0 Å². The Morgan fingerprint density at radius 1 is 1.04 bits per heavy atom. The summed E-state index contributed by atoms with van der Waals surface area (Å²) in [5, 5.41) is 7.03. The Morgan fingerprint density at radius 3 is 2.31 bits per heavy atom. The fourth-order valence-corrected chi connectivity index (χ4v) is 3.87. The maximum Gasteiger partial charge on any atom is 0.191 e. The van der Waals surface area contributed by atoms with Gasteiger partial charge in [-0.3, -0.25) is 14.8 Å². The lowest BCUT2D eigenvalue weighted by molar-refractivity contribution is -0.0174. The molecule has 7 nitrogen and oxygen atoms in total. The van der Waals surface area contributed by atoms with Gasteiger partial charge in [0.25, 0.3) is 0 Å². The molecule has 0 spiro atoms. The molecule has 0 aromatic heterocycles. The number of aliphatic imine (C=N–C) groups is 1. The van der Waals surface area contributed by atoms with Gasteiger partial charge in [-0.2, -0.15) is 0 Å². The van der Waals surface area contributed by atoms with E-state index in [0.717, 1.165) is 65.1 Å². The van der Waals surface area contributed by atoms with Gasteiger partial charge >= 0.3 is 0 Å². The van der Waals surface area contributed by atoms with Crippen LogP contribution in [0.2, 0.25) is 0 Å². The van der Waals surface area contributed by atoms with Gasteiger partial charge in [0.1, 0.15) is 0 Å². The molecule has 0 bridgehead atoms. The molecule has 26 heavy (non-hydrogen) atoms. The number of guanidine groups is 1. The third kappa shape index (κ3) is 6.37. The number of rotatable bonds is 7. The van der Waals surface area contributed by atoms with E-state index in [2.05, 4.69) is 53.1 Å². The first kappa shape index (κ1) is 21.4. The number of ether oxygens (including phenoxy) is 2. The van der Waals surface area contributed by atoms with Crippen LogP contribution >= 0.6 is 0 Å². The summed E-state index contributed by atoms with van der Waals surface area (Å²) in [6.07, 6.45) is 0. The highest BCUT2D eigenvalue weighted by Crippen LogP contribution is 2.12. The number of nitrogens with one attached hydrogen (secondary N) is 2. The molecule has 2 fully saturated rings. The van der Waals surface area contributed by atoms with Crippen molar-refractivity contribution in [2.24, 2.45) is 10.9 Å². The number of hydrogen-bond acceptors (Lipinski definition) is 5. The molecular weight excluding hydrogens is 330 g/mol. The molecule has 2 N–H and O–H groups in total. The van der Waals surface area contributed by atoms with Crippen LogP contribution in [0, 0.1) is 5.92 Å². The van der Waals surface area contributed by atoms with Crippen LogP contribution < -0.4 is 10.6 Å². The molecule has 0 aliphatic carbocycles. The largest absolute Gasteiger partial charge is 0.379 e. The second-order valence-electron chi connectivity index (χ2n) is 7.80. The van der Waals surface area contributed by atoms with Gasteiger partial charge in [0.15, 0.2) is 5.96 Å². The van der Waals surface area contributed by atoms with Crippen LogP contribution in [0.5, 0.6) is 0 Å². The Kier molecular flexibility index (Phi) is 9.11. The van der Waals surface area contributed by atoms with Crippen molar-refractivity contribution in [1.82, 2.24) is 20.4 Å². The van der Waals surface area contributed by atoms with E-state index in [0.29, 0.717) is 24.0 Å². The summed E-state index contributed by atoms with van der Waals surface area (Å²) in [5.74, 6) is 1.48. The maximum atomic E-state index is 5.54. The minimum Gasteiger partial charge on any atom is -0.379 e. The van der Waals surface area contributed by atoms with Gasteiger partial charge in [-0.25, -0.2) is 0 Å². The summed E-state index contributed by atoms with van der Waals surface area (Å²) in [4.78, 5) is 9.45. The van der Waals surface area contributed by atoms with Gasteiger partial charge in [0.05, 0.1) is 26.4 Å². The van der Waals surface area contributed by atoms with E-state index < -0.39 is 0 Å². The Hall–Kier alpha value is -0.890. The van der Waals surface area contributed by atoms with E-state index in [1.165, 1.54) is 0 Å². The average molecular weight is 370 g/mol. The van der Waals surface area contributed by atoms with Crippen molar-refractivity contribution < 1.29 is 9.47 Å². The van der Waals surface area contributed by atoms with E-state index >= 15 is 0 Å². The Labute approximate surface area is 159 Å². The minimum absolute atomic E-state index is 0.451. The maximum absolute atomic E-state index is 5.54. The zero-order valence-corrected chi connectivity index (χ0v) is 17.3. The third-order valence-corrected chi connectivity index (χ3v) is 5.54. The lowest BCUT2D eigenvalue weighted by Gasteiger charge is -2.38. The summed E-state index contributed by atoms with van der Waals surface area (Å²) in [5.41, 5.74) is 0. The predicted molar refractivity (Wildman–Crippen MR) is 107 cm³/mol. The highest BCUT2D eigenvalue weighted by atomic mass is 16.5. The van der Waals surface area contributed by atoms with Crippen LogP contribution in [-0.4, -0.2) is 100 Å². The fraction of sp³-hybridized carbons (Fsp3) is 0.947. The number of nitrogens with zero attached hydrogens (tertiary/aromatic N) is 3. The van der Waals surface area contributed by atoms with Gasteiger partial charge in [0.2, 0.25) is 0 Å². The number of morpholine rings is 2. The van der Waals surface area contributed by atoms with Crippen molar-refractivity contribution >= 4 is 5.96 Å². The molecule has 2 heterocycles. The molecule has 0 saturated carbocycles. The molecule has 2 saturated heterocycles. The smallest absolute Gasteiger partial charge is 0.191 e. The molecule has 0 aromatic carbocycles. The van der Waals surface area contributed by atoms with E-state index in [-0.39, 0.29) is 0 Å². The lowest BCUT2D eigenvalue weighted by atomic mass is 10.0. The first-order valence-electron chi connectivity index (χ1n) is 10.1. The van der Waals surface area contributed by atoms with Gasteiger partial charge < -0.3 is 20.1 Å². The van der Waals surface area contributed by atoms with E-state index in [1.807, 2.05) is 7.05 Å². The molecule has 0 amide bonds. The minimum atomic E-state index is 0.451. The van der Waals surface area contributed by atoms with Crippen molar-refractivity contribution in [1.29, 1.82) is 0 Å². The Bertz CT molecular complexity index is 426. The van der Waals surface area contributed by atoms with Gasteiger partial charge in [-0.15, -0.1) is 0 Å². The van der Waals surface area contributed by atoms with E-state index in [4.69, 9.17) is 9.47 Å². The van der Waals surface area contributed by atoms with E-state index in [1.54, 1.807) is 0 Å². The second-order valence-corrected chi connectivity index (χ2v) is 7.80.